The molecule has 0 aromatic carbocycles. The summed E-state index contributed by atoms with van der Waals surface area (Å²) in [6.45, 7) is 4.38. The fourth-order valence-corrected chi connectivity index (χ4v) is 2.75. The van der Waals surface area contributed by atoms with Crippen LogP contribution in [0.3, 0.4) is 0 Å². The molecule has 1 saturated heterocycles. The number of nitrogens with one attached hydrogen (secondary N) is 1. The van der Waals surface area contributed by atoms with E-state index in [-0.39, 0.29) is 0 Å². The topological polar surface area (TPSA) is 29.1 Å². The summed E-state index contributed by atoms with van der Waals surface area (Å²) in [5.41, 5.74) is 0. The maximum atomic E-state index is 11.5. The molecule has 1 N–H and O–H groups in total. The molecular formula is C15H29NO. The number of carbonyl (C=O) groups excluding carboxylic acids is 1. The number of Topliss-reactive ketones (excluding diaryl/α,β-unsaturated/α-hetero) is 1. The number of carbonyl (C=O) groups is 1. The van der Waals surface area contributed by atoms with E-state index in [4.69, 9.17) is 0 Å². The SMILES string of the molecule is CCCCCCCCCC1CC(=O)CC(C)N1. The van der Waals surface area contributed by atoms with Gasteiger partial charge in [0, 0.05) is 24.9 Å². The van der Waals surface area contributed by atoms with Crippen molar-refractivity contribution in [3.63, 3.8) is 0 Å². The van der Waals surface area contributed by atoms with Gasteiger partial charge in [-0.2, -0.15) is 0 Å². The molecule has 1 aliphatic heterocycles. The molecule has 0 radical (unpaired) electrons. The Hall–Kier alpha value is -0.370. The second-order valence-corrected chi connectivity index (χ2v) is 5.62. The molecule has 17 heavy (non-hydrogen) atoms. The quantitative estimate of drug-likeness (QED) is 0.652. The lowest BCUT2D eigenvalue weighted by Gasteiger charge is -2.27. The Kier molecular flexibility index (Phi) is 7.50. The van der Waals surface area contributed by atoms with Gasteiger partial charge in [-0.1, -0.05) is 51.9 Å². The molecule has 2 heteroatoms. The van der Waals surface area contributed by atoms with Crippen molar-refractivity contribution < 1.29 is 4.79 Å². The van der Waals surface area contributed by atoms with Gasteiger partial charge in [-0.15, -0.1) is 0 Å². The molecule has 1 rings (SSSR count). The van der Waals surface area contributed by atoms with Gasteiger partial charge in [-0.25, -0.2) is 0 Å². The van der Waals surface area contributed by atoms with E-state index in [1.54, 1.807) is 0 Å². The van der Waals surface area contributed by atoms with Gasteiger partial charge in [-0.3, -0.25) is 4.79 Å². The van der Waals surface area contributed by atoms with Crippen LogP contribution in [0, 0.1) is 0 Å². The van der Waals surface area contributed by atoms with Crippen molar-refractivity contribution in [3.05, 3.63) is 0 Å². The maximum Gasteiger partial charge on any atom is 0.136 e. The zero-order chi connectivity index (χ0) is 12.5. The van der Waals surface area contributed by atoms with Gasteiger partial charge in [0.05, 0.1) is 0 Å². The Morgan fingerprint density at radius 1 is 1.06 bits per heavy atom. The van der Waals surface area contributed by atoms with E-state index in [0.29, 0.717) is 17.9 Å². The Morgan fingerprint density at radius 3 is 2.35 bits per heavy atom. The molecule has 2 nitrogen and oxygen atoms in total. The van der Waals surface area contributed by atoms with E-state index in [1.165, 1.54) is 51.4 Å². The number of rotatable bonds is 8. The van der Waals surface area contributed by atoms with E-state index in [1.807, 2.05) is 0 Å². The number of piperidine rings is 1. The van der Waals surface area contributed by atoms with E-state index < -0.39 is 0 Å². The van der Waals surface area contributed by atoms with E-state index in [2.05, 4.69) is 19.2 Å². The van der Waals surface area contributed by atoms with Gasteiger partial charge in [-0.05, 0) is 13.3 Å². The van der Waals surface area contributed by atoms with Crippen LogP contribution in [0.4, 0.5) is 0 Å². The van der Waals surface area contributed by atoms with Crippen molar-refractivity contribution in [3.8, 4) is 0 Å². The highest BCUT2D eigenvalue weighted by Gasteiger charge is 2.22. The first-order valence-electron chi connectivity index (χ1n) is 7.50. The third-order valence-corrected chi connectivity index (χ3v) is 3.68. The zero-order valence-electron chi connectivity index (χ0n) is 11.6. The van der Waals surface area contributed by atoms with Crippen LogP contribution in [0.15, 0.2) is 0 Å². The van der Waals surface area contributed by atoms with Crippen LogP contribution in [0.25, 0.3) is 0 Å². The Balaban J connectivity index is 1.97. The number of hydrogen-bond acceptors (Lipinski definition) is 2. The van der Waals surface area contributed by atoms with Crippen molar-refractivity contribution in [2.75, 3.05) is 0 Å². The maximum absolute atomic E-state index is 11.5. The highest BCUT2D eigenvalue weighted by Crippen LogP contribution is 2.16. The first-order valence-corrected chi connectivity index (χ1v) is 7.50. The molecule has 0 aromatic rings. The predicted octanol–water partition coefficient (Wildman–Crippen LogP) is 3.84. The van der Waals surface area contributed by atoms with Crippen LogP contribution in [-0.2, 0) is 4.79 Å². The first kappa shape index (κ1) is 14.7. The number of unbranched alkanes of at least 4 members (excludes halogenated alkanes) is 6. The van der Waals surface area contributed by atoms with Gasteiger partial charge in [0.15, 0.2) is 0 Å². The van der Waals surface area contributed by atoms with Crippen molar-refractivity contribution in [2.45, 2.75) is 90.1 Å². The summed E-state index contributed by atoms with van der Waals surface area (Å²) in [6, 6.07) is 0.854. The van der Waals surface area contributed by atoms with Crippen LogP contribution < -0.4 is 5.32 Å². The van der Waals surface area contributed by atoms with Crippen LogP contribution >= 0.6 is 0 Å². The van der Waals surface area contributed by atoms with Gasteiger partial charge in [0.2, 0.25) is 0 Å². The number of hydrogen-bond donors (Lipinski definition) is 1. The second-order valence-electron chi connectivity index (χ2n) is 5.62. The molecule has 1 fully saturated rings. The molecule has 2 unspecified atom stereocenters. The Morgan fingerprint density at radius 2 is 1.71 bits per heavy atom. The normalized spacial score (nSPS) is 25.2. The van der Waals surface area contributed by atoms with Gasteiger partial charge >= 0.3 is 0 Å². The minimum absolute atomic E-state index is 0.394. The zero-order valence-corrected chi connectivity index (χ0v) is 11.6. The molecule has 0 saturated carbocycles. The molecule has 100 valence electrons. The highest BCUT2D eigenvalue weighted by atomic mass is 16.1. The summed E-state index contributed by atoms with van der Waals surface area (Å²) < 4.78 is 0. The Labute approximate surface area is 107 Å². The predicted molar refractivity (Wildman–Crippen MR) is 73.2 cm³/mol. The smallest absolute Gasteiger partial charge is 0.136 e. The average Bonchev–Trinajstić information content (AvgIpc) is 2.26. The van der Waals surface area contributed by atoms with Gasteiger partial charge < -0.3 is 5.32 Å². The monoisotopic (exact) mass is 239 g/mol. The second kappa shape index (κ2) is 8.68. The van der Waals surface area contributed by atoms with Crippen molar-refractivity contribution >= 4 is 5.78 Å². The highest BCUT2D eigenvalue weighted by molar-refractivity contribution is 5.80. The van der Waals surface area contributed by atoms with Crippen molar-refractivity contribution in [2.24, 2.45) is 0 Å². The number of ketones is 1. The minimum atomic E-state index is 0.394. The molecular weight excluding hydrogens is 210 g/mol. The fraction of sp³-hybridized carbons (Fsp3) is 0.933. The standard InChI is InChI=1S/C15H29NO/c1-3-4-5-6-7-8-9-10-14-12-15(17)11-13(2)16-14/h13-14,16H,3-12H2,1-2H3. The summed E-state index contributed by atoms with van der Waals surface area (Å²) in [6.07, 6.45) is 12.2. The van der Waals surface area contributed by atoms with Crippen LogP contribution in [-0.4, -0.2) is 17.9 Å². The van der Waals surface area contributed by atoms with Crippen LogP contribution in [0.5, 0.6) is 0 Å². The lowest BCUT2D eigenvalue weighted by atomic mass is 9.94. The molecule has 0 aliphatic carbocycles. The van der Waals surface area contributed by atoms with Crippen molar-refractivity contribution in [1.82, 2.24) is 5.32 Å². The molecule has 1 aliphatic rings. The van der Waals surface area contributed by atoms with Crippen LogP contribution in [0.2, 0.25) is 0 Å². The summed E-state index contributed by atoms with van der Waals surface area (Å²) in [4.78, 5) is 11.5. The summed E-state index contributed by atoms with van der Waals surface area (Å²) in [5, 5.41) is 3.54. The third kappa shape index (κ3) is 6.82. The molecule has 0 spiro atoms. The third-order valence-electron chi connectivity index (χ3n) is 3.68. The summed E-state index contributed by atoms with van der Waals surface area (Å²) in [7, 11) is 0. The largest absolute Gasteiger partial charge is 0.311 e. The molecule has 0 bridgehead atoms. The van der Waals surface area contributed by atoms with Gasteiger partial charge in [0.25, 0.3) is 0 Å². The van der Waals surface area contributed by atoms with E-state index in [0.717, 1.165) is 12.8 Å². The molecule has 2 atom stereocenters. The molecule has 0 aromatic heterocycles. The van der Waals surface area contributed by atoms with Crippen LogP contribution in [0.1, 0.15) is 78.1 Å². The lowest BCUT2D eigenvalue weighted by Crippen LogP contribution is -2.44. The Bertz CT molecular complexity index is 215. The molecule has 1 heterocycles. The lowest BCUT2D eigenvalue weighted by molar-refractivity contribution is -0.121. The van der Waals surface area contributed by atoms with Crippen molar-refractivity contribution in [1.29, 1.82) is 0 Å². The fourth-order valence-electron chi connectivity index (χ4n) is 2.75. The summed E-state index contributed by atoms with van der Waals surface area (Å²) >= 11 is 0. The van der Waals surface area contributed by atoms with Gasteiger partial charge in [0.1, 0.15) is 5.78 Å². The minimum Gasteiger partial charge on any atom is -0.311 e. The summed E-state index contributed by atoms with van der Waals surface area (Å²) in [5.74, 6) is 0.448. The van der Waals surface area contributed by atoms with E-state index in [9.17, 15) is 4.79 Å². The molecule has 0 amide bonds. The first-order chi connectivity index (χ1) is 8.22. The average molecular weight is 239 g/mol. The van der Waals surface area contributed by atoms with E-state index >= 15 is 0 Å².